The van der Waals surface area contributed by atoms with Gasteiger partial charge in [0.25, 0.3) is 17.4 Å². The fourth-order valence-electron chi connectivity index (χ4n) is 2.41. The normalized spacial score (nSPS) is 12.9. The third kappa shape index (κ3) is 2.55. The second-order valence-corrected chi connectivity index (χ2v) is 5.19. The zero-order valence-electron chi connectivity index (χ0n) is 11.8. The van der Waals surface area contributed by atoms with Crippen LogP contribution in [0, 0.1) is 0 Å². The van der Waals surface area contributed by atoms with Gasteiger partial charge in [0.2, 0.25) is 0 Å². The van der Waals surface area contributed by atoms with Crippen molar-refractivity contribution in [2.75, 3.05) is 18.2 Å². The summed E-state index contributed by atoms with van der Waals surface area (Å²) >= 11 is 5.58. The van der Waals surface area contributed by atoms with Crippen molar-refractivity contribution in [3.63, 3.8) is 0 Å². The third-order valence-corrected chi connectivity index (χ3v) is 3.53. The molecular formula is C15H12ClN3O4. The minimum atomic E-state index is -0.625. The molecule has 23 heavy (non-hydrogen) atoms. The Bertz CT molecular complexity index is 876. The van der Waals surface area contributed by atoms with Gasteiger partial charge < -0.3 is 10.5 Å². The summed E-state index contributed by atoms with van der Waals surface area (Å²) < 4.78 is 6.56. The van der Waals surface area contributed by atoms with Gasteiger partial charge in [-0.1, -0.05) is 6.07 Å². The van der Waals surface area contributed by atoms with Crippen molar-refractivity contribution in [2.24, 2.45) is 0 Å². The molecule has 1 aromatic carbocycles. The zero-order chi connectivity index (χ0) is 16.6. The topological polar surface area (TPSA) is 103 Å². The first kappa shape index (κ1) is 15.1. The summed E-state index contributed by atoms with van der Waals surface area (Å²) in [5.41, 5.74) is 5.86. The van der Waals surface area contributed by atoms with E-state index in [1.807, 2.05) is 0 Å². The number of fused-ring (bicyclic) bond motifs is 1. The van der Waals surface area contributed by atoms with Gasteiger partial charge in [-0.05, 0) is 12.1 Å². The number of amides is 2. The van der Waals surface area contributed by atoms with Gasteiger partial charge >= 0.3 is 0 Å². The summed E-state index contributed by atoms with van der Waals surface area (Å²) in [4.78, 5) is 35.8. The van der Waals surface area contributed by atoms with Crippen LogP contribution in [0.4, 0.5) is 5.82 Å². The maximum Gasteiger partial charge on any atom is 0.262 e. The summed E-state index contributed by atoms with van der Waals surface area (Å²) in [6, 6.07) is 7.74. The molecule has 1 aromatic heterocycles. The Hall–Kier alpha value is -2.80. The van der Waals surface area contributed by atoms with Crippen LogP contribution in [-0.2, 0) is 0 Å². The minimum Gasteiger partial charge on any atom is -0.492 e. The van der Waals surface area contributed by atoms with Gasteiger partial charge in [0, 0.05) is 12.1 Å². The SMILES string of the molecule is Nc1c2c(cc(=O)n1-c1cccc(OCCCl)c1)C(=O)NC2=O. The molecule has 0 fully saturated rings. The number of nitrogens with two attached hydrogens (primary N) is 1. The van der Waals surface area contributed by atoms with Gasteiger partial charge in [0.1, 0.15) is 18.2 Å². The number of aromatic nitrogens is 1. The van der Waals surface area contributed by atoms with Crippen molar-refractivity contribution in [1.82, 2.24) is 9.88 Å². The number of anilines is 1. The first-order chi connectivity index (χ1) is 11.0. The van der Waals surface area contributed by atoms with Gasteiger partial charge in [-0.15, -0.1) is 11.6 Å². The molecule has 0 radical (unpaired) electrons. The number of rotatable bonds is 4. The van der Waals surface area contributed by atoms with E-state index in [1.165, 1.54) is 0 Å². The van der Waals surface area contributed by atoms with Gasteiger partial charge in [-0.3, -0.25) is 24.3 Å². The van der Waals surface area contributed by atoms with E-state index in [9.17, 15) is 14.4 Å². The molecule has 2 aromatic rings. The van der Waals surface area contributed by atoms with Crippen molar-refractivity contribution in [1.29, 1.82) is 0 Å². The number of ether oxygens (including phenoxy) is 1. The van der Waals surface area contributed by atoms with E-state index in [0.717, 1.165) is 10.6 Å². The van der Waals surface area contributed by atoms with Crippen LogP contribution >= 0.6 is 11.6 Å². The molecule has 0 spiro atoms. The Balaban J connectivity index is 2.15. The number of halogens is 1. The van der Waals surface area contributed by atoms with E-state index >= 15 is 0 Å². The molecule has 2 heterocycles. The average Bonchev–Trinajstić information content (AvgIpc) is 2.80. The molecule has 8 heteroatoms. The van der Waals surface area contributed by atoms with E-state index in [1.54, 1.807) is 24.3 Å². The molecule has 0 saturated heterocycles. The van der Waals surface area contributed by atoms with E-state index in [4.69, 9.17) is 22.1 Å². The van der Waals surface area contributed by atoms with Gasteiger partial charge in [-0.25, -0.2) is 0 Å². The Labute approximate surface area is 135 Å². The standard InChI is InChI=1S/C15H12ClN3O4/c16-4-5-23-9-3-1-2-8(6-9)19-11(20)7-10-12(13(19)17)15(22)18-14(10)21/h1-3,6-7H,4-5,17H2,(H,18,21,22). The molecule has 1 aliphatic rings. The Morgan fingerprint density at radius 2 is 1.96 bits per heavy atom. The number of nitrogen functional groups attached to an aromatic ring is 1. The van der Waals surface area contributed by atoms with E-state index in [-0.39, 0.29) is 16.9 Å². The Morgan fingerprint density at radius 3 is 2.70 bits per heavy atom. The number of hydrogen-bond acceptors (Lipinski definition) is 5. The number of carbonyl (C=O) groups excluding carboxylic acids is 2. The van der Waals surface area contributed by atoms with Crippen molar-refractivity contribution < 1.29 is 14.3 Å². The monoisotopic (exact) mass is 333 g/mol. The highest BCUT2D eigenvalue weighted by Gasteiger charge is 2.31. The van der Waals surface area contributed by atoms with Crippen molar-refractivity contribution in [3.05, 3.63) is 51.8 Å². The van der Waals surface area contributed by atoms with Crippen molar-refractivity contribution >= 4 is 29.2 Å². The predicted octanol–water partition coefficient (Wildman–Crippen LogP) is 0.921. The summed E-state index contributed by atoms with van der Waals surface area (Å²) in [5.74, 6) is -0.500. The molecule has 3 rings (SSSR count). The number of hydrogen-bond donors (Lipinski definition) is 2. The molecule has 0 unspecified atom stereocenters. The van der Waals surface area contributed by atoms with Crippen LogP contribution in [0.2, 0.25) is 0 Å². The fourth-order valence-corrected chi connectivity index (χ4v) is 2.49. The van der Waals surface area contributed by atoms with Crippen LogP contribution in [0.15, 0.2) is 35.1 Å². The number of nitrogens with one attached hydrogen (secondary N) is 1. The molecular weight excluding hydrogens is 322 g/mol. The highest BCUT2D eigenvalue weighted by atomic mass is 35.5. The van der Waals surface area contributed by atoms with Gasteiger partial charge in [0.15, 0.2) is 0 Å². The lowest BCUT2D eigenvalue weighted by molar-refractivity contribution is 0.0880. The van der Waals surface area contributed by atoms with Crippen LogP contribution in [0.25, 0.3) is 5.69 Å². The number of carbonyl (C=O) groups is 2. The number of benzene rings is 1. The van der Waals surface area contributed by atoms with Crippen LogP contribution in [-0.4, -0.2) is 28.9 Å². The predicted molar refractivity (Wildman–Crippen MR) is 84.5 cm³/mol. The number of nitrogens with zero attached hydrogens (tertiary/aromatic N) is 1. The van der Waals surface area contributed by atoms with E-state index in [0.29, 0.717) is 23.9 Å². The number of alkyl halides is 1. The van der Waals surface area contributed by atoms with Gasteiger partial charge in [-0.2, -0.15) is 0 Å². The second-order valence-electron chi connectivity index (χ2n) is 4.81. The summed E-state index contributed by atoms with van der Waals surface area (Å²) in [6.45, 7) is 0.316. The summed E-state index contributed by atoms with van der Waals surface area (Å²) in [5, 5.41) is 2.12. The van der Waals surface area contributed by atoms with Gasteiger partial charge in [0.05, 0.1) is 22.7 Å². The Kier molecular flexibility index (Phi) is 3.79. The first-order valence-electron chi connectivity index (χ1n) is 6.73. The van der Waals surface area contributed by atoms with E-state index in [2.05, 4.69) is 5.32 Å². The smallest absolute Gasteiger partial charge is 0.262 e. The molecule has 1 aliphatic heterocycles. The lowest BCUT2D eigenvalue weighted by Gasteiger charge is -2.13. The summed E-state index contributed by atoms with van der Waals surface area (Å²) in [6.07, 6.45) is 0. The Morgan fingerprint density at radius 1 is 1.17 bits per heavy atom. The largest absolute Gasteiger partial charge is 0.492 e. The third-order valence-electron chi connectivity index (χ3n) is 3.38. The van der Waals surface area contributed by atoms with E-state index < -0.39 is 17.4 Å². The lowest BCUT2D eigenvalue weighted by atomic mass is 10.1. The number of pyridine rings is 1. The molecule has 3 N–H and O–H groups in total. The first-order valence-corrected chi connectivity index (χ1v) is 7.27. The van der Waals surface area contributed by atoms with Crippen LogP contribution in [0.1, 0.15) is 20.7 Å². The minimum absolute atomic E-state index is 0.00156. The average molecular weight is 334 g/mol. The van der Waals surface area contributed by atoms with Crippen LogP contribution < -0.4 is 21.3 Å². The molecule has 7 nitrogen and oxygen atoms in total. The fraction of sp³-hybridized carbons (Fsp3) is 0.133. The summed E-state index contributed by atoms with van der Waals surface area (Å²) in [7, 11) is 0. The molecule has 0 atom stereocenters. The molecule has 0 saturated carbocycles. The maximum absolute atomic E-state index is 12.3. The molecule has 118 valence electrons. The van der Waals surface area contributed by atoms with Crippen LogP contribution in [0.5, 0.6) is 5.75 Å². The molecule has 0 bridgehead atoms. The second kappa shape index (κ2) is 5.77. The zero-order valence-corrected chi connectivity index (χ0v) is 12.6. The van der Waals surface area contributed by atoms with Crippen LogP contribution in [0.3, 0.4) is 0 Å². The highest BCUT2D eigenvalue weighted by molar-refractivity contribution is 6.23. The highest BCUT2D eigenvalue weighted by Crippen LogP contribution is 2.24. The lowest BCUT2D eigenvalue weighted by Crippen LogP contribution is -2.24. The maximum atomic E-state index is 12.3. The molecule has 2 amide bonds. The number of imide groups is 1. The van der Waals surface area contributed by atoms with Crippen molar-refractivity contribution in [2.45, 2.75) is 0 Å². The quantitative estimate of drug-likeness (QED) is 0.639. The van der Waals surface area contributed by atoms with Crippen molar-refractivity contribution in [3.8, 4) is 11.4 Å². The molecule has 0 aliphatic carbocycles.